The molecule has 1 aromatic carbocycles. The zero-order chi connectivity index (χ0) is 15.2. The monoisotopic (exact) mass is 304 g/mol. The van der Waals surface area contributed by atoms with E-state index in [1.807, 2.05) is 4.72 Å². The molecular weight excluding hydrogens is 292 g/mol. The first kappa shape index (κ1) is 15.9. The predicted molar refractivity (Wildman–Crippen MR) is 66.5 cm³/mol. The molecule has 0 fully saturated rings. The molecular formula is C10H12N2O7S. The van der Waals surface area contributed by atoms with Gasteiger partial charge in [0, 0.05) is 0 Å². The molecule has 20 heavy (non-hydrogen) atoms. The average Bonchev–Trinajstić information content (AvgIpc) is 2.35. The van der Waals surface area contributed by atoms with Gasteiger partial charge in [0.25, 0.3) is 5.09 Å². The number of hydrogen-bond acceptors (Lipinski definition) is 7. The van der Waals surface area contributed by atoms with E-state index >= 15 is 0 Å². The summed E-state index contributed by atoms with van der Waals surface area (Å²) in [6.07, 6.45) is 0.927. The highest BCUT2D eigenvalue weighted by atomic mass is 32.2. The SMILES string of the molecule is CS(=O)(=O)NCOC(=O)c1cccc(CO[N+](=O)[O-])c1. The molecule has 0 amide bonds. The molecule has 9 nitrogen and oxygen atoms in total. The van der Waals surface area contributed by atoms with Gasteiger partial charge in [0.15, 0.2) is 6.73 Å². The Hall–Kier alpha value is -2.20. The van der Waals surface area contributed by atoms with Gasteiger partial charge < -0.3 is 9.57 Å². The molecule has 1 N–H and O–H groups in total. The molecule has 0 aliphatic rings. The summed E-state index contributed by atoms with van der Waals surface area (Å²) < 4.78 is 28.2. The normalized spacial score (nSPS) is 10.8. The molecule has 0 spiro atoms. The van der Waals surface area contributed by atoms with Gasteiger partial charge in [-0.1, -0.05) is 12.1 Å². The van der Waals surface area contributed by atoms with E-state index in [0.717, 1.165) is 6.26 Å². The first-order valence-electron chi connectivity index (χ1n) is 5.26. The molecule has 0 bridgehead atoms. The lowest BCUT2D eigenvalue weighted by Crippen LogP contribution is -2.26. The van der Waals surface area contributed by atoms with E-state index in [-0.39, 0.29) is 12.2 Å². The van der Waals surface area contributed by atoms with Crippen LogP contribution >= 0.6 is 0 Å². The molecule has 0 unspecified atom stereocenters. The molecule has 110 valence electrons. The molecule has 10 heteroatoms. The Bertz CT molecular complexity index is 599. The average molecular weight is 304 g/mol. The van der Waals surface area contributed by atoms with Crippen LogP contribution in [-0.4, -0.2) is 32.5 Å². The number of sulfonamides is 1. The second-order valence-electron chi connectivity index (χ2n) is 3.69. The summed E-state index contributed by atoms with van der Waals surface area (Å²) in [6, 6.07) is 5.82. The van der Waals surface area contributed by atoms with E-state index in [1.165, 1.54) is 24.3 Å². The third-order valence-electron chi connectivity index (χ3n) is 2.02. The van der Waals surface area contributed by atoms with E-state index in [2.05, 4.69) is 9.57 Å². The van der Waals surface area contributed by atoms with Gasteiger partial charge in [0.1, 0.15) is 6.61 Å². The molecule has 0 aliphatic carbocycles. The number of carbonyl (C=O) groups is 1. The van der Waals surface area contributed by atoms with Crippen LogP contribution in [0.3, 0.4) is 0 Å². The Morgan fingerprint density at radius 1 is 1.45 bits per heavy atom. The second kappa shape index (κ2) is 6.82. The lowest BCUT2D eigenvalue weighted by atomic mass is 10.1. The summed E-state index contributed by atoms with van der Waals surface area (Å²) >= 11 is 0. The van der Waals surface area contributed by atoms with Crippen molar-refractivity contribution in [3.63, 3.8) is 0 Å². The van der Waals surface area contributed by atoms with Crippen LogP contribution in [0.1, 0.15) is 15.9 Å². The topological polar surface area (TPSA) is 125 Å². The maximum atomic E-state index is 11.6. The maximum absolute atomic E-state index is 11.6. The maximum Gasteiger partial charge on any atom is 0.339 e. The summed E-state index contributed by atoms with van der Waals surface area (Å²) in [5.74, 6) is -0.760. The number of hydrogen-bond donors (Lipinski definition) is 1. The number of carbonyl (C=O) groups excluding carboxylic acids is 1. The van der Waals surface area contributed by atoms with Crippen molar-refractivity contribution < 1.29 is 27.9 Å². The summed E-state index contributed by atoms with van der Waals surface area (Å²) in [6.45, 7) is -0.789. The van der Waals surface area contributed by atoms with Crippen molar-refractivity contribution in [3.05, 3.63) is 45.5 Å². The second-order valence-corrected chi connectivity index (χ2v) is 5.52. The van der Waals surface area contributed by atoms with Gasteiger partial charge in [0.05, 0.1) is 11.8 Å². The molecule has 0 aromatic heterocycles. The Balaban J connectivity index is 2.59. The zero-order valence-corrected chi connectivity index (χ0v) is 11.3. The summed E-state index contributed by atoms with van der Waals surface area (Å²) in [5, 5.41) is 9.11. The Morgan fingerprint density at radius 3 is 2.75 bits per heavy atom. The van der Waals surface area contributed by atoms with Crippen molar-refractivity contribution in [2.75, 3.05) is 13.0 Å². The highest BCUT2D eigenvalue weighted by Crippen LogP contribution is 2.08. The minimum atomic E-state index is -3.45. The smallest absolute Gasteiger partial charge is 0.339 e. The van der Waals surface area contributed by atoms with Crippen LogP contribution in [0, 0.1) is 10.1 Å². The van der Waals surface area contributed by atoms with Gasteiger partial charge in [-0.3, -0.25) is 0 Å². The summed E-state index contributed by atoms with van der Waals surface area (Å²) in [4.78, 5) is 25.8. The lowest BCUT2D eigenvalue weighted by molar-refractivity contribution is -0.763. The number of esters is 1. The quantitative estimate of drug-likeness (QED) is 0.327. The molecule has 0 saturated heterocycles. The van der Waals surface area contributed by atoms with Crippen molar-refractivity contribution in [2.45, 2.75) is 6.61 Å². The Morgan fingerprint density at radius 2 is 2.15 bits per heavy atom. The van der Waals surface area contributed by atoms with Crippen LogP contribution in [0.5, 0.6) is 0 Å². The minimum Gasteiger partial charge on any atom is -0.445 e. The lowest BCUT2D eigenvalue weighted by Gasteiger charge is -2.06. The standard InChI is InChI=1S/C10H12N2O7S/c1-20(16,17)11-7-18-10(13)9-4-2-3-8(5-9)6-19-12(14)15/h2-5,11H,6-7H2,1H3. The molecule has 0 heterocycles. The van der Waals surface area contributed by atoms with E-state index in [9.17, 15) is 23.3 Å². The third-order valence-corrected chi connectivity index (χ3v) is 2.67. The van der Waals surface area contributed by atoms with E-state index in [0.29, 0.717) is 5.56 Å². The van der Waals surface area contributed by atoms with Crippen molar-refractivity contribution in [3.8, 4) is 0 Å². The predicted octanol–water partition coefficient (Wildman–Crippen LogP) is 0.0584. The fourth-order valence-electron chi connectivity index (χ4n) is 1.20. The highest BCUT2D eigenvalue weighted by molar-refractivity contribution is 7.88. The van der Waals surface area contributed by atoms with E-state index in [4.69, 9.17) is 0 Å². The Kier molecular flexibility index (Phi) is 5.41. The van der Waals surface area contributed by atoms with Gasteiger partial charge in [-0.2, -0.15) is 4.72 Å². The van der Waals surface area contributed by atoms with Crippen molar-refractivity contribution >= 4 is 16.0 Å². The largest absolute Gasteiger partial charge is 0.445 e. The van der Waals surface area contributed by atoms with Crippen LogP contribution in [0.2, 0.25) is 0 Å². The van der Waals surface area contributed by atoms with Gasteiger partial charge >= 0.3 is 5.97 Å². The molecule has 0 aliphatic heterocycles. The van der Waals surface area contributed by atoms with Gasteiger partial charge in [0.2, 0.25) is 10.0 Å². The molecule has 1 aromatic rings. The highest BCUT2D eigenvalue weighted by Gasteiger charge is 2.09. The van der Waals surface area contributed by atoms with Crippen molar-refractivity contribution in [1.82, 2.24) is 4.72 Å². The van der Waals surface area contributed by atoms with Gasteiger partial charge in [-0.25, -0.2) is 13.2 Å². The van der Waals surface area contributed by atoms with Gasteiger partial charge in [-0.05, 0) is 17.7 Å². The molecule has 1 rings (SSSR count). The van der Waals surface area contributed by atoms with Crippen molar-refractivity contribution in [1.29, 1.82) is 0 Å². The van der Waals surface area contributed by atoms with Crippen LogP contribution in [0.25, 0.3) is 0 Å². The molecule has 0 atom stereocenters. The minimum absolute atomic E-state index is 0.129. The first-order valence-corrected chi connectivity index (χ1v) is 7.15. The van der Waals surface area contributed by atoms with E-state index < -0.39 is 27.8 Å². The zero-order valence-electron chi connectivity index (χ0n) is 10.4. The first-order chi connectivity index (χ1) is 9.28. The fraction of sp³-hybridized carbons (Fsp3) is 0.300. The molecule has 0 radical (unpaired) electrons. The fourth-order valence-corrected chi connectivity index (χ4v) is 1.47. The van der Waals surface area contributed by atoms with Crippen LogP contribution in [-0.2, 0) is 26.2 Å². The number of ether oxygens (including phenoxy) is 1. The number of nitrogens with zero attached hydrogens (tertiary/aromatic N) is 1. The number of benzene rings is 1. The third kappa shape index (κ3) is 6.11. The van der Waals surface area contributed by atoms with Crippen LogP contribution in [0.4, 0.5) is 0 Å². The van der Waals surface area contributed by atoms with E-state index in [1.54, 1.807) is 0 Å². The summed E-state index contributed by atoms with van der Waals surface area (Å²) in [5.41, 5.74) is 0.539. The van der Waals surface area contributed by atoms with Gasteiger partial charge in [-0.15, -0.1) is 10.1 Å². The van der Waals surface area contributed by atoms with Crippen LogP contribution in [0.15, 0.2) is 24.3 Å². The van der Waals surface area contributed by atoms with Crippen LogP contribution < -0.4 is 4.72 Å². The number of rotatable bonds is 7. The Labute approximate surface area is 114 Å². The number of nitrogens with one attached hydrogen (secondary N) is 1. The molecule has 0 saturated carbocycles. The summed E-state index contributed by atoms with van der Waals surface area (Å²) in [7, 11) is -3.45. The van der Waals surface area contributed by atoms with Crippen molar-refractivity contribution in [2.24, 2.45) is 0 Å².